The molecular weight excluding hydrogens is 314 g/mol. The van der Waals surface area contributed by atoms with Crippen molar-refractivity contribution in [2.45, 2.75) is 36.5 Å². The molecule has 1 heterocycles. The largest absolute Gasteiger partial charge is 0.466 e. The highest BCUT2D eigenvalue weighted by Gasteiger charge is 2.27. The van der Waals surface area contributed by atoms with Crippen molar-refractivity contribution >= 4 is 16.7 Å². The molecule has 0 bridgehead atoms. The molecule has 0 saturated carbocycles. The van der Waals surface area contributed by atoms with Crippen molar-refractivity contribution in [3.63, 3.8) is 0 Å². The number of nitrogens with one attached hydrogen (secondary N) is 1. The molecule has 0 aliphatic carbocycles. The van der Waals surface area contributed by atoms with Crippen LogP contribution in [-0.2, 0) is 16.4 Å². The highest BCUT2D eigenvalue weighted by atomic mass is 32.2. The summed E-state index contributed by atoms with van der Waals surface area (Å²) in [6.07, 6.45) is 1.47. The molecule has 2 N–H and O–H groups in total. The fourth-order valence-electron chi connectivity index (χ4n) is 2.04. The van der Waals surface area contributed by atoms with Crippen molar-refractivity contribution in [3.8, 4) is 0 Å². The zero-order valence-electron chi connectivity index (χ0n) is 13.4. The predicted molar refractivity (Wildman–Crippen MR) is 88.6 cm³/mol. The third-order valence-electron chi connectivity index (χ3n) is 3.42. The molecule has 0 aliphatic heterocycles. The van der Waals surface area contributed by atoms with Gasteiger partial charge in [0.05, 0.1) is 23.6 Å². The minimum atomic E-state index is -1.28. The van der Waals surface area contributed by atoms with E-state index in [1.807, 2.05) is 13.8 Å². The first kappa shape index (κ1) is 17.4. The van der Waals surface area contributed by atoms with Crippen LogP contribution in [0, 0.1) is 0 Å². The standard InChI is InChI=1S/C17H21NO4S/c1-12(2)23(21)14-8-6-13(7-9-14)16(19)18-11-17(3,20)15-5-4-10-22-15/h4-10,12,20H,11H2,1-3H3,(H,18,19). The lowest BCUT2D eigenvalue weighted by molar-refractivity contribution is 0.0330. The highest BCUT2D eigenvalue weighted by molar-refractivity contribution is 7.85. The van der Waals surface area contributed by atoms with Gasteiger partial charge in [-0.25, -0.2) is 0 Å². The average molecular weight is 335 g/mol. The molecule has 2 aromatic rings. The van der Waals surface area contributed by atoms with Crippen LogP contribution in [0.25, 0.3) is 0 Å². The van der Waals surface area contributed by atoms with Crippen LogP contribution < -0.4 is 5.32 Å². The summed E-state index contributed by atoms with van der Waals surface area (Å²) in [4.78, 5) is 12.8. The van der Waals surface area contributed by atoms with Crippen molar-refractivity contribution in [1.29, 1.82) is 0 Å². The SMILES string of the molecule is CC(C)S(=O)c1ccc(C(=O)NCC(C)(O)c2ccco2)cc1. The van der Waals surface area contributed by atoms with Gasteiger partial charge in [0.15, 0.2) is 0 Å². The number of benzene rings is 1. The summed E-state index contributed by atoms with van der Waals surface area (Å²) in [5.74, 6) is 0.0826. The first-order valence-corrected chi connectivity index (χ1v) is 8.58. The maximum absolute atomic E-state index is 12.1. The summed E-state index contributed by atoms with van der Waals surface area (Å²) in [5.41, 5.74) is -0.831. The molecule has 0 saturated heterocycles. The highest BCUT2D eigenvalue weighted by Crippen LogP contribution is 2.20. The molecule has 0 aliphatic rings. The quantitative estimate of drug-likeness (QED) is 0.850. The van der Waals surface area contributed by atoms with Crippen molar-refractivity contribution < 1.29 is 18.5 Å². The van der Waals surface area contributed by atoms with Crippen LogP contribution >= 0.6 is 0 Å². The van der Waals surface area contributed by atoms with Crippen LogP contribution in [0.15, 0.2) is 52.0 Å². The minimum Gasteiger partial charge on any atom is -0.466 e. The van der Waals surface area contributed by atoms with Gasteiger partial charge in [0.2, 0.25) is 0 Å². The minimum absolute atomic E-state index is 0.0260. The topological polar surface area (TPSA) is 79.5 Å². The zero-order chi connectivity index (χ0) is 17.0. The van der Waals surface area contributed by atoms with E-state index in [1.54, 1.807) is 43.3 Å². The smallest absolute Gasteiger partial charge is 0.251 e. The molecule has 124 valence electrons. The van der Waals surface area contributed by atoms with Gasteiger partial charge in [0.25, 0.3) is 5.91 Å². The lowest BCUT2D eigenvalue weighted by Crippen LogP contribution is -2.38. The molecule has 1 amide bonds. The Morgan fingerprint density at radius 2 is 1.96 bits per heavy atom. The van der Waals surface area contributed by atoms with E-state index in [0.29, 0.717) is 16.2 Å². The molecule has 2 rings (SSSR count). The van der Waals surface area contributed by atoms with E-state index in [-0.39, 0.29) is 17.7 Å². The number of aliphatic hydroxyl groups is 1. The fourth-order valence-corrected chi connectivity index (χ4v) is 2.99. The van der Waals surface area contributed by atoms with E-state index in [9.17, 15) is 14.1 Å². The Labute approximate surface area is 138 Å². The molecule has 2 atom stereocenters. The van der Waals surface area contributed by atoms with E-state index < -0.39 is 16.4 Å². The van der Waals surface area contributed by atoms with Crippen LogP contribution in [0.3, 0.4) is 0 Å². The number of furan rings is 1. The maximum Gasteiger partial charge on any atom is 0.251 e. The van der Waals surface area contributed by atoms with Crippen molar-refractivity contribution in [2.75, 3.05) is 6.54 Å². The van der Waals surface area contributed by atoms with Gasteiger partial charge >= 0.3 is 0 Å². The predicted octanol–water partition coefficient (Wildman–Crippen LogP) is 2.43. The molecule has 0 fully saturated rings. The Morgan fingerprint density at radius 3 is 2.48 bits per heavy atom. The molecular formula is C17H21NO4S. The molecule has 5 nitrogen and oxygen atoms in total. The number of carbonyl (C=O) groups is 1. The summed E-state index contributed by atoms with van der Waals surface area (Å²) in [5, 5.41) is 13.0. The number of hydrogen-bond acceptors (Lipinski definition) is 4. The number of carbonyl (C=O) groups excluding carboxylic acids is 1. The second-order valence-electron chi connectivity index (χ2n) is 5.80. The summed E-state index contributed by atoms with van der Waals surface area (Å²) >= 11 is 0. The number of rotatable bonds is 6. The molecule has 23 heavy (non-hydrogen) atoms. The van der Waals surface area contributed by atoms with Crippen molar-refractivity contribution in [2.24, 2.45) is 0 Å². The van der Waals surface area contributed by atoms with Gasteiger partial charge in [-0.05, 0) is 43.3 Å². The maximum atomic E-state index is 12.1. The summed E-state index contributed by atoms with van der Waals surface area (Å²) in [6, 6.07) is 9.98. The molecule has 6 heteroatoms. The van der Waals surface area contributed by atoms with Crippen molar-refractivity contribution in [3.05, 3.63) is 54.0 Å². The van der Waals surface area contributed by atoms with E-state index in [1.165, 1.54) is 6.26 Å². The van der Waals surface area contributed by atoms with Gasteiger partial charge < -0.3 is 14.8 Å². The average Bonchev–Trinajstić information content (AvgIpc) is 3.07. The molecule has 1 aromatic heterocycles. The van der Waals surface area contributed by atoms with E-state index >= 15 is 0 Å². The molecule has 0 radical (unpaired) electrons. The van der Waals surface area contributed by atoms with E-state index in [2.05, 4.69) is 5.32 Å². The normalized spacial score (nSPS) is 15.2. The Morgan fingerprint density at radius 1 is 1.30 bits per heavy atom. The van der Waals surface area contributed by atoms with Gasteiger partial charge in [0, 0.05) is 15.7 Å². The van der Waals surface area contributed by atoms with Crippen LogP contribution in [-0.4, -0.2) is 27.0 Å². The second-order valence-corrected chi connectivity index (χ2v) is 7.81. The van der Waals surface area contributed by atoms with E-state index in [4.69, 9.17) is 4.42 Å². The molecule has 1 aromatic carbocycles. The van der Waals surface area contributed by atoms with Gasteiger partial charge in [0.1, 0.15) is 11.4 Å². The van der Waals surface area contributed by atoms with Gasteiger partial charge in [-0.1, -0.05) is 13.8 Å². The summed E-state index contributed by atoms with van der Waals surface area (Å²) < 4.78 is 17.1. The second kappa shape index (κ2) is 7.10. The summed E-state index contributed by atoms with van der Waals surface area (Å²) in [7, 11) is -1.08. The van der Waals surface area contributed by atoms with Crippen LogP contribution in [0.4, 0.5) is 0 Å². The molecule has 2 unspecified atom stereocenters. The lowest BCUT2D eigenvalue weighted by atomic mass is 10.0. The van der Waals surface area contributed by atoms with Crippen molar-refractivity contribution in [1.82, 2.24) is 5.32 Å². The van der Waals surface area contributed by atoms with Crippen LogP contribution in [0.1, 0.15) is 36.9 Å². The molecule has 0 spiro atoms. The van der Waals surface area contributed by atoms with Gasteiger partial charge in [-0.3, -0.25) is 9.00 Å². The number of hydrogen-bond donors (Lipinski definition) is 2. The fraction of sp³-hybridized carbons (Fsp3) is 0.353. The first-order valence-electron chi connectivity index (χ1n) is 7.36. The van der Waals surface area contributed by atoms with Gasteiger partial charge in [-0.2, -0.15) is 0 Å². The zero-order valence-corrected chi connectivity index (χ0v) is 14.2. The lowest BCUT2D eigenvalue weighted by Gasteiger charge is -2.21. The first-order chi connectivity index (χ1) is 10.8. The third kappa shape index (κ3) is 4.30. The third-order valence-corrected chi connectivity index (χ3v) is 5.02. The van der Waals surface area contributed by atoms with E-state index in [0.717, 1.165) is 0 Å². The summed E-state index contributed by atoms with van der Waals surface area (Å²) in [6.45, 7) is 5.36. The van der Waals surface area contributed by atoms with Gasteiger partial charge in [-0.15, -0.1) is 0 Å². The Kier molecular flexibility index (Phi) is 5.38. The van der Waals surface area contributed by atoms with Crippen LogP contribution in [0.5, 0.6) is 0 Å². The Bertz CT molecular complexity index is 675. The van der Waals surface area contributed by atoms with Crippen LogP contribution in [0.2, 0.25) is 0 Å². The monoisotopic (exact) mass is 335 g/mol. The number of amides is 1. The Hall–Kier alpha value is -1.92. The Balaban J connectivity index is 2.00.